The highest BCUT2D eigenvalue weighted by Crippen LogP contribution is 2.19. The first kappa shape index (κ1) is 15.4. The van der Waals surface area contributed by atoms with E-state index in [9.17, 15) is 8.78 Å². The minimum Gasteiger partial charge on any atom is -0.378 e. The van der Waals surface area contributed by atoms with Gasteiger partial charge in [-0.1, -0.05) is 13.0 Å². The second kappa shape index (κ2) is 7.70. The lowest BCUT2D eigenvalue weighted by Crippen LogP contribution is -2.36. The Morgan fingerprint density at radius 2 is 2.15 bits per heavy atom. The molecule has 0 aromatic heterocycles. The summed E-state index contributed by atoms with van der Waals surface area (Å²) < 4.78 is 32.0. The Labute approximate surface area is 119 Å². The SMILES string of the molecule is CCNC(Cc1ccc(F)c(F)c1)CC1CCCCO1. The number of hydrogen-bond acceptors (Lipinski definition) is 2. The molecule has 1 aliphatic heterocycles. The average Bonchev–Trinajstić information content (AvgIpc) is 2.44. The van der Waals surface area contributed by atoms with Gasteiger partial charge in [0, 0.05) is 12.6 Å². The van der Waals surface area contributed by atoms with Gasteiger partial charge < -0.3 is 10.1 Å². The van der Waals surface area contributed by atoms with Gasteiger partial charge in [0.25, 0.3) is 0 Å². The number of likely N-dealkylation sites (N-methyl/N-ethyl adjacent to an activating group) is 1. The summed E-state index contributed by atoms with van der Waals surface area (Å²) in [5.41, 5.74) is 0.825. The normalized spacial score (nSPS) is 20.9. The number of ether oxygens (including phenoxy) is 1. The van der Waals surface area contributed by atoms with Crippen LogP contribution < -0.4 is 5.32 Å². The largest absolute Gasteiger partial charge is 0.378 e. The summed E-state index contributed by atoms with van der Waals surface area (Å²) in [5.74, 6) is -1.56. The predicted molar refractivity (Wildman–Crippen MR) is 75.7 cm³/mol. The van der Waals surface area contributed by atoms with E-state index in [2.05, 4.69) is 12.2 Å². The van der Waals surface area contributed by atoms with Gasteiger partial charge in [0.2, 0.25) is 0 Å². The van der Waals surface area contributed by atoms with E-state index in [0.717, 1.165) is 38.0 Å². The van der Waals surface area contributed by atoms with E-state index < -0.39 is 11.6 Å². The molecule has 1 aromatic rings. The molecule has 0 bridgehead atoms. The molecule has 2 unspecified atom stereocenters. The van der Waals surface area contributed by atoms with E-state index >= 15 is 0 Å². The zero-order valence-corrected chi connectivity index (χ0v) is 12.0. The third-order valence-corrected chi connectivity index (χ3v) is 3.78. The van der Waals surface area contributed by atoms with Crippen LogP contribution in [0.3, 0.4) is 0 Å². The monoisotopic (exact) mass is 283 g/mol. The van der Waals surface area contributed by atoms with Gasteiger partial charge in [-0.05, 0) is 56.3 Å². The lowest BCUT2D eigenvalue weighted by molar-refractivity contribution is 0.00535. The molecule has 2 rings (SSSR count). The van der Waals surface area contributed by atoms with E-state index in [0.29, 0.717) is 6.42 Å². The van der Waals surface area contributed by atoms with E-state index in [4.69, 9.17) is 4.74 Å². The molecule has 112 valence electrons. The lowest BCUT2D eigenvalue weighted by Gasteiger charge is -2.27. The highest BCUT2D eigenvalue weighted by atomic mass is 19.2. The van der Waals surface area contributed by atoms with Crippen LogP contribution in [0.15, 0.2) is 18.2 Å². The van der Waals surface area contributed by atoms with Crippen LogP contribution in [0, 0.1) is 11.6 Å². The topological polar surface area (TPSA) is 21.3 Å². The number of rotatable bonds is 6. The fourth-order valence-electron chi connectivity index (χ4n) is 2.79. The quantitative estimate of drug-likeness (QED) is 0.863. The molecular weight excluding hydrogens is 260 g/mol. The van der Waals surface area contributed by atoms with E-state index in [1.54, 1.807) is 6.07 Å². The van der Waals surface area contributed by atoms with E-state index in [1.165, 1.54) is 18.6 Å². The Morgan fingerprint density at radius 1 is 1.30 bits per heavy atom. The first-order chi connectivity index (χ1) is 9.69. The fourth-order valence-corrected chi connectivity index (χ4v) is 2.79. The molecule has 1 fully saturated rings. The second-order valence-corrected chi connectivity index (χ2v) is 5.43. The van der Waals surface area contributed by atoms with Crippen molar-refractivity contribution in [2.45, 2.75) is 51.2 Å². The Hall–Kier alpha value is -1.00. The van der Waals surface area contributed by atoms with Crippen molar-refractivity contribution in [2.75, 3.05) is 13.2 Å². The first-order valence-corrected chi connectivity index (χ1v) is 7.48. The molecule has 1 aliphatic rings. The summed E-state index contributed by atoms with van der Waals surface area (Å²) in [7, 11) is 0. The summed E-state index contributed by atoms with van der Waals surface area (Å²) >= 11 is 0. The molecule has 0 aliphatic carbocycles. The summed E-state index contributed by atoms with van der Waals surface area (Å²) in [5, 5.41) is 3.42. The Bertz CT molecular complexity index is 419. The zero-order valence-electron chi connectivity index (χ0n) is 12.0. The molecule has 0 saturated carbocycles. The van der Waals surface area contributed by atoms with Crippen LogP contribution in [0.25, 0.3) is 0 Å². The number of benzene rings is 1. The standard InChI is InChI=1S/C16H23F2NO/c1-2-19-13(11-14-5-3-4-8-20-14)9-12-6-7-15(17)16(18)10-12/h6-7,10,13-14,19H,2-5,8-9,11H2,1H3. The number of nitrogens with one attached hydrogen (secondary N) is 1. The molecule has 2 atom stereocenters. The highest BCUT2D eigenvalue weighted by Gasteiger charge is 2.19. The molecule has 1 heterocycles. The Morgan fingerprint density at radius 3 is 2.80 bits per heavy atom. The third-order valence-electron chi connectivity index (χ3n) is 3.78. The lowest BCUT2D eigenvalue weighted by atomic mass is 9.96. The van der Waals surface area contributed by atoms with Crippen molar-refractivity contribution < 1.29 is 13.5 Å². The Balaban J connectivity index is 1.94. The summed E-state index contributed by atoms with van der Waals surface area (Å²) in [6.45, 7) is 3.76. The van der Waals surface area contributed by atoms with Crippen LogP contribution in [-0.2, 0) is 11.2 Å². The van der Waals surface area contributed by atoms with Gasteiger partial charge in [0.15, 0.2) is 11.6 Å². The van der Waals surface area contributed by atoms with Gasteiger partial charge in [-0.15, -0.1) is 0 Å². The summed E-state index contributed by atoms with van der Waals surface area (Å²) in [4.78, 5) is 0. The van der Waals surface area contributed by atoms with E-state index in [-0.39, 0.29) is 12.1 Å². The molecule has 0 spiro atoms. The van der Waals surface area contributed by atoms with Crippen LogP contribution >= 0.6 is 0 Å². The van der Waals surface area contributed by atoms with Crippen molar-refractivity contribution in [1.29, 1.82) is 0 Å². The molecule has 20 heavy (non-hydrogen) atoms. The number of hydrogen-bond donors (Lipinski definition) is 1. The van der Waals surface area contributed by atoms with Gasteiger partial charge in [0.05, 0.1) is 6.10 Å². The summed E-state index contributed by atoms with van der Waals surface area (Å²) in [6, 6.07) is 4.39. The van der Waals surface area contributed by atoms with Gasteiger partial charge >= 0.3 is 0 Å². The smallest absolute Gasteiger partial charge is 0.159 e. The maximum absolute atomic E-state index is 13.3. The maximum atomic E-state index is 13.3. The number of halogens is 2. The van der Waals surface area contributed by atoms with E-state index in [1.807, 2.05) is 0 Å². The molecule has 1 aromatic carbocycles. The highest BCUT2D eigenvalue weighted by molar-refractivity contribution is 5.18. The second-order valence-electron chi connectivity index (χ2n) is 5.43. The van der Waals surface area contributed by atoms with Crippen LogP contribution in [0.4, 0.5) is 8.78 Å². The van der Waals surface area contributed by atoms with Crippen LogP contribution in [-0.4, -0.2) is 25.3 Å². The minimum absolute atomic E-state index is 0.243. The van der Waals surface area contributed by atoms with Gasteiger partial charge in [-0.25, -0.2) is 8.78 Å². The molecular formula is C16H23F2NO. The maximum Gasteiger partial charge on any atom is 0.159 e. The third kappa shape index (κ3) is 4.53. The van der Waals surface area contributed by atoms with Crippen LogP contribution in [0.5, 0.6) is 0 Å². The fraction of sp³-hybridized carbons (Fsp3) is 0.625. The molecule has 1 saturated heterocycles. The van der Waals surface area contributed by atoms with Crippen molar-refractivity contribution in [2.24, 2.45) is 0 Å². The van der Waals surface area contributed by atoms with Crippen molar-refractivity contribution in [1.82, 2.24) is 5.32 Å². The zero-order chi connectivity index (χ0) is 14.4. The Kier molecular flexibility index (Phi) is 5.92. The molecule has 2 nitrogen and oxygen atoms in total. The predicted octanol–water partition coefficient (Wildman–Crippen LogP) is 3.44. The van der Waals surface area contributed by atoms with Crippen molar-refractivity contribution in [3.8, 4) is 0 Å². The van der Waals surface area contributed by atoms with Gasteiger partial charge in [-0.2, -0.15) is 0 Å². The molecule has 0 amide bonds. The molecule has 0 radical (unpaired) electrons. The summed E-state index contributed by atoms with van der Waals surface area (Å²) in [6.07, 6.45) is 5.37. The minimum atomic E-state index is -0.788. The first-order valence-electron chi connectivity index (χ1n) is 7.48. The average molecular weight is 283 g/mol. The van der Waals surface area contributed by atoms with Crippen LogP contribution in [0.1, 0.15) is 38.2 Å². The molecule has 1 N–H and O–H groups in total. The molecule has 4 heteroatoms. The van der Waals surface area contributed by atoms with Crippen molar-refractivity contribution in [3.05, 3.63) is 35.4 Å². The van der Waals surface area contributed by atoms with Gasteiger partial charge in [0.1, 0.15) is 0 Å². The van der Waals surface area contributed by atoms with Crippen LogP contribution in [0.2, 0.25) is 0 Å². The van der Waals surface area contributed by atoms with Crippen molar-refractivity contribution >= 4 is 0 Å². The van der Waals surface area contributed by atoms with Crippen molar-refractivity contribution in [3.63, 3.8) is 0 Å². The van der Waals surface area contributed by atoms with Gasteiger partial charge in [-0.3, -0.25) is 0 Å².